The SMILES string of the molecule is CCC(CC)C(=O)/C=C(\O)C(CC)CC.[2H]c1cc2c(C)c(-c3ccc(CC(C)(C)C(F)(F)F)cc3)sc2c(-c2[c-]c3ccccc3c(C(C)(C)C)c2)n1.[Ir]. The Labute approximate surface area is 339 Å². The molecule has 0 aliphatic carbocycles. The van der Waals surface area contributed by atoms with Crippen molar-refractivity contribution in [3.05, 3.63) is 101 Å². The third kappa shape index (κ3) is 10.3. The van der Waals surface area contributed by atoms with E-state index in [1.165, 1.54) is 25.5 Å². The van der Waals surface area contributed by atoms with Crippen molar-refractivity contribution in [1.82, 2.24) is 4.98 Å². The van der Waals surface area contributed by atoms with Gasteiger partial charge in [0.25, 0.3) is 0 Å². The van der Waals surface area contributed by atoms with E-state index in [-0.39, 0.29) is 61.5 Å². The predicted molar refractivity (Wildman–Crippen MR) is 218 cm³/mol. The first kappa shape index (κ1) is 43.4. The van der Waals surface area contributed by atoms with Crippen molar-refractivity contribution < 1.29 is 44.5 Å². The van der Waals surface area contributed by atoms with E-state index in [2.05, 4.69) is 50.0 Å². The molecule has 0 bridgehead atoms. The predicted octanol–water partition coefficient (Wildman–Crippen LogP) is 14.2. The largest absolute Gasteiger partial charge is 0.512 e. The van der Waals surface area contributed by atoms with Crippen LogP contribution in [0.15, 0.2) is 78.7 Å². The van der Waals surface area contributed by atoms with Gasteiger partial charge in [-0.3, -0.25) is 9.78 Å². The van der Waals surface area contributed by atoms with Crippen molar-refractivity contribution in [2.24, 2.45) is 17.3 Å². The Balaban J connectivity index is 0.000000433. The van der Waals surface area contributed by atoms with Crippen LogP contribution >= 0.6 is 11.3 Å². The molecule has 2 aromatic heterocycles. The maximum Gasteiger partial charge on any atom is 0.394 e. The van der Waals surface area contributed by atoms with Crippen LogP contribution in [0.4, 0.5) is 13.2 Å². The van der Waals surface area contributed by atoms with Gasteiger partial charge in [0.1, 0.15) is 0 Å². The third-order valence-corrected chi connectivity index (χ3v) is 11.7. The number of hydrogen-bond acceptors (Lipinski definition) is 4. The van der Waals surface area contributed by atoms with E-state index in [0.29, 0.717) is 5.56 Å². The van der Waals surface area contributed by atoms with Gasteiger partial charge >= 0.3 is 6.18 Å². The molecule has 1 radical (unpaired) electrons. The molecule has 0 amide bonds. The van der Waals surface area contributed by atoms with E-state index in [0.717, 1.165) is 73.8 Å². The van der Waals surface area contributed by atoms with Gasteiger partial charge in [-0.1, -0.05) is 116 Å². The number of carbonyl (C=O) groups excluding carboxylic acids is 1. The van der Waals surface area contributed by atoms with E-state index in [4.69, 9.17) is 1.37 Å². The molecule has 3 aromatic carbocycles. The number of aliphatic hydroxyl groups is 1. The second kappa shape index (κ2) is 18.5. The van der Waals surface area contributed by atoms with Crippen molar-refractivity contribution >= 4 is 38.0 Å². The summed E-state index contributed by atoms with van der Waals surface area (Å²) in [7, 11) is 0. The average Bonchev–Trinajstić information content (AvgIpc) is 3.43. The van der Waals surface area contributed by atoms with Crippen LogP contribution in [0.1, 0.15) is 106 Å². The Bertz CT molecular complexity index is 2100. The first-order chi connectivity index (χ1) is 25.3. The second-order valence-electron chi connectivity index (χ2n) is 15.7. The molecule has 0 aliphatic rings. The number of allylic oxidation sites excluding steroid dienone is 2. The molecule has 0 unspecified atom stereocenters. The molecule has 293 valence electrons. The number of alkyl halides is 3. The van der Waals surface area contributed by atoms with Crippen LogP contribution in [-0.2, 0) is 36.7 Å². The van der Waals surface area contributed by atoms with E-state index in [9.17, 15) is 23.1 Å². The van der Waals surface area contributed by atoms with Crippen LogP contribution in [0.3, 0.4) is 0 Å². The van der Waals surface area contributed by atoms with E-state index in [1.54, 1.807) is 29.5 Å². The molecule has 54 heavy (non-hydrogen) atoms. The van der Waals surface area contributed by atoms with Crippen LogP contribution in [-0.4, -0.2) is 22.1 Å². The summed E-state index contributed by atoms with van der Waals surface area (Å²) in [5.74, 6) is 0.547. The molecule has 0 aliphatic heterocycles. The monoisotopic (exact) mass is 936 g/mol. The van der Waals surface area contributed by atoms with Gasteiger partial charge in [-0.2, -0.15) is 13.2 Å². The van der Waals surface area contributed by atoms with Gasteiger partial charge in [-0.05, 0) is 72.6 Å². The minimum atomic E-state index is -4.27. The number of aromatic nitrogens is 1. The van der Waals surface area contributed by atoms with Gasteiger partial charge in [0.05, 0.1) is 12.5 Å². The smallest absolute Gasteiger partial charge is 0.394 e. The quantitative estimate of drug-likeness (QED) is 0.0816. The Morgan fingerprint density at radius 3 is 2.06 bits per heavy atom. The van der Waals surface area contributed by atoms with Crippen molar-refractivity contribution in [2.45, 2.75) is 113 Å². The van der Waals surface area contributed by atoms with Crippen LogP contribution in [0.5, 0.6) is 0 Å². The Morgan fingerprint density at radius 1 is 0.907 bits per heavy atom. The summed E-state index contributed by atoms with van der Waals surface area (Å²) < 4.78 is 49.6. The van der Waals surface area contributed by atoms with Gasteiger partial charge in [-0.25, -0.2) is 0 Å². The van der Waals surface area contributed by atoms with Gasteiger partial charge in [0.2, 0.25) is 0 Å². The molecule has 0 fully saturated rings. The Morgan fingerprint density at radius 2 is 1.50 bits per heavy atom. The molecule has 3 nitrogen and oxygen atoms in total. The normalized spacial score (nSPS) is 12.9. The van der Waals surface area contributed by atoms with Crippen LogP contribution < -0.4 is 0 Å². The molecular weight excluding hydrogens is 880 g/mol. The number of fused-ring (bicyclic) bond motifs is 2. The summed E-state index contributed by atoms with van der Waals surface area (Å²) in [5, 5.41) is 12.9. The minimum absolute atomic E-state index is 0. The number of carbonyl (C=O) groups is 1. The Kier molecular flexibility index (Phi) is 14.9. The van der Waals surface area contributed by atoms with Gasteiger partial charge in [0.15, 0.2) is 5.78 Å². The zero-order chi connectivity index (χ0) is 40.2. The summed E-state index contributed by atoms with van der Waals surface area (Å²) in [6.07, 6.45) is 0.752. The number of halogens is 3. The van der Waals surface area contributed by atoms with E-state index < -0.39 is 11.6 Å². The molecule has 5 aromatic rings. The number of aryl methyl sites for hydroxylation is 1. The summed E-state index contributed by atoms with van der Waals surface area (Å²) >= 11 is 1.60. The second-order valence-corrected chi connectivity index (χ2v) is 16.7. The van der Waals surface area contributed by atoms with Gasteiger partial charge < -0.3 is 5.11 Å². The summed E-state index contributed by atoms with van der Waals surface area (Å²) in [6.45, 7) is 19.1. The number of aliphatic hydroxyl groups excluding tert-OH is 1. The van der Waals surface area contributed by atoms with Crippen molar-refractivity contribution in [3.8, 4) is 21.7 Å². The van der Waals surface area contributed by atoms with Crippen molar-refractivity contribution in [1.29, 1.82) is 0 Å². The first-order valence-corrected chi connectivity index (χ1v) is 19.5. The van der Waals surface area contributed by atoms with Crippen LogP contribution in [0.2, 0.25) is 0 Å². The molecule has 0 saturated heterocycles. The van der Waals surface area contributed by atoms with E-state index in [1.807, 2.05) is 58.9 Å². The maximum absolute atomic E-state index is 13.4. The fourth-order valence-electron chi connectivity index (χ4n) is 6.69. The molecule has 8 heteroatoms. The Hall–Kier alpha value is -3.32. The topological polar surface area (TPSA) is 50.2 Å². The molecular formula is C46H55F3IrNO2S-. The average molecular weight is 936 g/mol. The fourth-order valence-corrected chi connectivity index (χ4v) is 7.98. The summed E-state index contributed by atoms with van der Waals surface area (Å²) in [6, 6.07) is 23.1. The number of pyridine rings is 1. The molecule has 2 heterocycles. The number of ketones is 1. The standard InChI is InChI=1S/C33H31F3NS.C13H24O2.Ir/c1-20-25-15-16-37-28(24-17-23-9-7-8-10-26(23)27(18-24)31(2,3)4)30(25)38-29(20)22-13-11-21(12-14-22)19-32(5,6)33(34,35)36;1-5-10(6-2)12(14)9-13(15)11(7-3)8-4;/h7-16,18H,19H2,1-6H3;9-11,14H,5-8H2,1-4H3;/q-1;;/b;12-9-;/i16D;;. The summed E-state index contributed by atoms with van der Waals surface area (Å²) in [4.78, 5) is 17.4. The summed E-state index contributed by atoms with van der Waals surface area (Å²) in [5.41, 5.74) is 3.52. The minimum Gasteiger partial charge on any atom is -0.512 e. The molecule has 0 saturated carbocycles. The number of benzene rings is 3. The van der Waals surface area contributed by atoms with Gasteiger partial charge in [0, 0.05) is 59.5 Å². The zero-order valence-corrected chi connectivity index (χ0v) is 36.4. The van der Waals surface area contributed by atoms with Gasteiger partial charge in [-0.15, -0.1) is 40.5 Å². The molecule has 5 rings (SSSR count). The molecule has 0 spiro atoms. The van der Waals surface area contributed by atoms with Crippen LogP contribution in [0.25, 0.3) is 42.6 Å². The zero-order valence-electron chi connectivity index (χ0n) is 34.2. The van der Waals surface area contributed by atoms with Crippen LogP contribution in [0, 0.1) is 30.2 Å². The van der Waals surface area contributed by atoms with Crippen molar-refractivity contribution in [3.63, 3.8) is 0 Å². The number of rotatable bonds is 11. The van der Waals surface area contributed by atoms with E-state index >= 15 is 0 Å². The van der Waals surface area contributed by atoms with Crippen molar-refractivity contribution in [2.75, 3.05) is 0 Å². The molecule has 1 N–H and O–H groups in total. The molecule has 0 atom stereocenters. The number of nitrogens with zero attached hydrogens (tertiary/aromatic N) is 1. The maximum atomic E-state index is 13.4. The third-order valence-electron chi connectivity index (χ3n) is 10.3. The first-order valence-electron chi connectivity index (χ1n) is 19.2. The fraction of sp³-hybridized carbons (Fsp3) is 0.435. The number of hydrogen-bond donors (Lipinski definition) is 1. The number of thiophene rings is 1.